The zero-order valence-electron chi connectivity index (χ0n) is 25.5. The molecular weight excluding hydrogens is 648 g/mol. The maximum atomic E-state index is 16.7. The summed E-state index contributed by atoms with van der Waals surface area (Å²) in [6.45, 7) is 2.47. The molecule has 2 aromatic heterocycles. The van der Waals surface area contributed by atoms with Crippen molar-refractivity contribution in [3.63, 3.8) is 0 Å². The van der Waals surface area contributed by atoms with Crippen LogP contribution in [0.2, 0.25) is 5.02 Å². The smallest absolute Gasteiger partial charge is 0.418 e. The summed E-state index contributed by atoms with van der Waals surface area (Å²) in [6.07, 6.45) is 0.587. The van der Waals surface area contributed by atoms with Crippen LogP contribution in [-0.4, -0.2) is 100 Å². The van der Waals surface area contributed by atoms with E-state index in [9.17, 15) is 23.1 Å². The molecular formula is C31H33ClF4N6O5. The monoisotopic (exact) mass is 680 g/mol. The molecule has 252 valence electrons. The highest BCUT2D eigenvalue weighted by Gasteiger charge is 2.46. The minimum Gasteiger partial charge on any atom is -0.467 e. The van der Waals surface area contributed by atoms with Crippen LogP contribution in [0.15, 0.2) is 18.3 Å². The topological polar surface area (TPSA) is 113 Å². The van der Waals surface area contributed by atoms with Gasteiger partial charge in [-0.25, -0.2) is 9.18 Å². The average Bonchev–Trinajstić information content (AvgIpc) is 3.63. The molecule has 0 radical (unpaired) electrons. The van der Waals surface area contributed by atoms with Crippen LogP contribution in [0.3, 0.4) is 0 Å². The molecule has 5 aliphatic heterocycles. The number of ether oxygens (including phenoxy) is 3. The highest BCUT2D eigenvalue weighted by molar-refractivity contribution is 6.32. The summed E-state index contributed by atoms with van der Waals surface area (Å²) in [6, 6.07) is 1.33. The molecule has 5 saturated heterocycles. The summed E-state index contributed by atoms with van der Waals surface area (Å²) in [4.78, 5) is 30.9. The van der Waals surface area contributed by atoms with Crippen LogP contribution in [-0.2, 0) is 10.9 Å². The number of carboxylic acid groups (broad SMARTS) is 1. The fraction of sp³-hybridized carbons (Fsp3) is 0.548. The summed E-state index contributed by atoms with van der Waals surface area (Å²) in [5.41, 5.74) is -2.97. The Bertz CT molecular complexity index is 1700. The van der Waals surface area contributed by atoms with E-state index >= 15 is 4.39 Å². The van der Waals surface area contributed by atoms with Gasteiger partial charge in [0.25, 0.3) is 0 Å². The first-order chi connectivity index (χ1) is 22.5. The van der Waals surface area contributed by atoms with Gasteiger partial charge in [-0.1, -0.05) is 11.6 Å². The Labute approximate surface area is 272 Å². The molecule has 11 nitrogen and oxygen atoms in total. The third-order valence-electron chi connectivity index (χ3n) is 9.92. The number of aromatic nitrogens is 3. The van der Waals surface area contributed by atoms with Crippen LogP contribution >= 0.6 is 11.6 Å². The predicted molar refractivity (Wildman–Crippen MR) is 162 cm³/mol. The number of hydrogen-bond acceptors (Lipinski definition) is 9. The normalized spacial score (nSPS) is 22.3. The number of halogens is 5. The molecule has 7 heterocycles. The van der Waals surface area contributed by atoms with Gasteiger partial charge in [0.05, 0.1) is 27.6 Å². The molecule has 0 saturated carbocycles. The van der Waals surface area contributed by atoms with Crippen molar-refractivity contribution in [2.45, 2.75) is 62.3 Å². The number of carbonyl (C=O) groups is 1. The minimum absolute atomic E-state index is 0.0715. The van der Waals surface area contributed by atoms with Gasteiger partial charge in [-0.2, -0.15) is 23.1 Å². The van der Waals surface area contributed by atoms with Gasteiger partial charge in [-0.3, -0.25) is 9.88 Å². The summed E-state index contributed by atoms with van der Waals surface area (Å²) >= 11 is 6.09. The van der Waals surface area contributed by atoms with Gasteiger partial charge >= 0.3 is 18.3 Å². The third-order valence-corrected chi connectivity index (χ3v) is 10.2. The Kier molecular flexibility index (Phi) is 8.20. The van der Waals surface area contributed by atoms with Crippen LogP contribution in [0.1, 0.15) is 44.1 Å². The van der Waals surface area contributed by atoms with E-state index < -0.39 is 39.9 Å². The molecule has 0 spiro atoms. The Morgan fingerprint density at radius 1 is 1.11 bits per heavy atom. The Balaban J connectivity index is 1.35. The van der Waals surface area contributed by atoms with Crippen molar-refractivity contribution in [1.82, 2.24) is 24.8 Å². The predicted octanol–water partition coefficient (Wildman–Crippen LogP) is 5.82. The van der Waals surface area contributed by atoms with Gasteiger partial charge in [0.1, 0.15) is 29.4 Å². The van der Waals surface area contributed by atoms with Crippen molar-refractivity contribution in [2.75, 3.05) is 51.6 Å². The Morgan fingerprint density at radius 3 is 2.51 bits per heavy atom. The molecule has 16 heteroatoms. The number of anilines is 1. The standard InChI is InChI=1S/C31H33ClF4N6O5/c1-45-16-47-19-10-20(23(22(32)11-19)31(34,35)36)25-24(33)26-21(12-37-25)27(41-13-18-5-4-17(41)14-42(18)29(43)44)39-28(38-26)46-15-30-6-2-8-40(30)9-3-7-30/h10-12,17-18H,2-9,13-16H2,1H3,(H,43,44). The molecule has 2 unspecified atom stereocenters. The van der Waals surface area contributed by atoms with E-state index in [4.69, 9.17) is 30.8 Å². The number of nitrogens with zero attached hydrogens (tertiary/aromatic N) is 6. The average molecular weight is 681 g/mol. The fourth-order valence-corrected chi connectivity index (χ4v) is 8.06. The minimum atomic E-state index is -4.95. The van der Waals surface area contributed by atoms with Crippen molar-refractivity contribution in [2.24, 2.45) is 0 Å². The molecule has 47 heavy (non-hydrogen) atoms. The van der Waals surface area contributed by atoms with Crippen LogP contribution in [0.5, 0.6) is 11.8 Å². The van der Waals surface area contributed by atoms with E-state index in [1.54, 1.807) is 0 Å². The quantitative estimate of drug-likeness (QED) is 0.231. The summed E-state index contributed by atoms with van der Waals surface area (Å²) in [5, 5.41) is 9.19. The van der Waals surface area contributed by atoms with Crippen molar-refractivity contribution in [3.05, 3.63) is 34.7 Å². The second-order valence-corrected chi connectivity index (χ2v) is 13.0. The van der Waals surface area contributed by atoms with Gasteiger partial charge in [-0.05, 0) is 63.7 Å². The number of piperazine rings is 1. The summed E-state index contributed by atoms with van der Waals surface area (Å²) in [7, 11) is 1.35. The molecule has 1 amide bonds. The van der Waals surface area contributed by atoms with Crippen molar-refractivity contribution in [1.29, 1.82) is 0 Å². The summed E-state index contributed by atoms with van der Waals surface area (Å²) in [5.74, 6) is -0.892. The first-order valence-electron chi connectivity index (χ1n) is 15.5. The first-order valence-corrected chi connectivity index (χ1v) is 15.9. The molecule has 5 aliphatic rings. The van der Waals surface area contributed by atoms with E-state index in [2.05, 4.69) is 14.9 Å². The van der Waals surface area contributed by atoms with Crippen LogP contribution < -0.4 is 14.4 Å². The lowest BCUT2D eigenvalue weighted by atomic mass is 9.91. The Hall–Kier alpha value is -3.69. The van der Waals surface area contributed by atoms with Crippen LogP contribution in [0, 0.1) is 5.82 Å². The number of fused-ring (bicyclic) bond motifs is 5. The highest BCUT2D eigenvalue weighted by atomic mass is 35.5. The molecule has 5 fully saturated rings. The van der Waals surface area contributed by atoms with Crippen LogP contribution in [0.25, 0.3) is 22.2 Å². The van der Waals surface area contributed by atoms with E-state index in [0.717, 1.165) is 50.9 Å². The lowest BCUT2D eigenvalue weighted by Crippen LogP contribution is -2.64. The van der Waals surface area contributed by atoms with Crippen molar-refractivity contribution in [3.8, 4) is 23.0 Å². The molecule has 1 aromatic carbocycles. The Morgan fingerprint density at radius 2 is 1.85 bits per heavy atom. The van der Waals surface area contributed by atoms with Crippen LogP contribution in [0.4, 0.5) is 28.2 Å². The number of benzene rings is 1. The van der Waals surface area contributed by atoms with Gasteiger partial charge in [0.15, 0.2) is 12.6 Å². The fourth-order valence-electron chi connectivity index (χ4n) is 7.74. The number of pyridine rings is 1. The maximum Gasteiger partial charge on any atom is 0.418 e. The van der Waals surface area contributed by atoms with E-state index in [1.807, 2.05) is 4.90 Å². The highest BCUT2D eigenvalue weighted by Crippen LogP contribution is 2.46. The molecule has 2 bridgehead atoms. The third kappa shape index (κ3) is 5.65. The number of piperidine rings is 2. The number of hydrogen-bond donors (Lipinski definition) is 1. The van der Waals surface area contributed by atoms with Gasteiger partial charge in [0.2, 0.25) is 0 Å². The largest absolute Gasteiger partial charge is 0.467 e. The number of rotatable bonds is 8. The zero-order chi connectivity index (χ0) is 33.1. The second kappa shape index (κ2) is 12.1. The van der Waals surface area contributed by atoms with Crippen molar-refractivity contribution < 1.29 is 41.7 Å². The second-order valence-electron chi connectivity index (χ2n) is 12.6. The maximum absolute atomic E-state index is 16.7. The first kappa shape index (κ1) is 31.9. The molecule has 3 aromatic rings. The lowest BCUT2D eigenvalue weighted by Gasteiger charge is -2.51. The molecule has 2 atom stereocenters. The molecule has 0 aliphatic carbocycles. The van der Waals surface area contributed by atoms with Gasteiger partial charge in [0, 0.05) is 38.0 Å². The van der Waals surface area contributed by atoms with Crippen molar-refractivity contribution >= 4 is 34.4 Å². The van der Waals surface area contributed by atoms with Gasteiger partial charge < -0.3 is 29.1 Å². The number of methoxy groups -OCH3 is 1. The van der Waals surface area contributed by atoms with E-state index in [-0.39, 0.29) is 60.2 Å². The number of amides is 1. The number of alkyl halides is 3. The lowest BCUT2D eigenvalue weighted by molar-refractivity contribution is -0.137. The molecule has 8 rings (SSSR count). The van der Waals surface area contributed by atoms with E-state index in [1.165, 1.54) is 18.2 Å². The van der Waals surface area contributed by atoms with E-state index in [0.29, 0.717) is 25.2 Å². The summed E-state index contributed by atoms with van der Waals surface area (Å²) < 4.78 is 76.1. The molecule has 1 N–H and O–H groups in total. The zero-order valence-corrected chi connectivity index (χ0v) is 26.3. The van der Waals surface area contributed by atoms with Gasteiger partial charge in [-0.15, -0.1) is 0 Å². The SMILES string of the molecule is COCOc1cc(Cl)c(C(F)(F)F)c(-c2ncc3c(N4CC5CCC4CN5C(=O)O)nc(OCC45CCCN4CCC5)nc3c2F)c1.